The molecule has 0 aliphatic carbocycles. The standard InChI is InChI=1S/C25H21ClN6O/c1-16-23(17-14-27-31(2)15-17)30-32(18-8-4-3-5-9-18)24(16)29-25(33)28-22-13-12-21(26)19-10-6-7-11-20(19)22/h3-15H,1-2H3,(H2,28,29,33). The number of hydrogen-bond acceptors (Lipinski definition) is 3. The van der Waals surface area contributed by atoms with Gasteiger partial charge >= 0.3 is 6.03 Å². The summed E-state index contributed by atoms with van der Waals surface area (Å²) >= 11 is 6.32. The van der Waals surface area contributed by atoms with Crippen LogP contribution in [0, 0.1) is 6.92 Å². The Labute approximate surface area is 195 Å². The second-order valence-electron chi connectivity index (χ2n) is 7.69. The van der Waals surface area contributed by atoms with Crippen molar-refractivity contribution in [2.75, 3.05) is 10.6 Å². The lowest BCUT2D eigenvalue weighted by atomic mass is 10.1. The fraction of sp³-hybridized carbons (Fsp3) is 0.0800. The topological polar surface area (TPSA) is 76.8 Å². The molecule has 0 aliphatic heterocycles. The Morgan fingerprint density at radius 1 is 0.939 bits per heavy atom. The monoisotopic (exact) mass is 456 g/mol. The summed E-state index contributed by atoms with van der Waals surface area (Å²) in [7, 11) is 1.86. The lowest BCUT2D eigenvalue weighted by Crippen LogP contribution is -2.22. The van der Waals surface area contributed by atoms with Gasteiger partial charge in [0.25, 0.3) is 0 Å². The van der Waals surface area contributed by atoms with Crippen LogP contribution < -0.4 is 10.6 Å². The van der Waals surface area contributed by atoms with Crippen molar-refractivity contribution in [2.24, 2.45) is 7.05 Å². The zero-order valence-corrected chi connectivity index (χ0v) is 18.8. The maximum Gasteiger partial charge on any atom is 0.324 e. The largest absolute Gasteiger partial charge is 0.324 e. The second-order valence-corrected chi connectivity index (χ2v) is 8.10. The summed E-state index contributed by atoms with van der Waals surface area (Å²) in [5.74, 6) is 0.579. The summed E-state index contributed by atoms with van der Waals surface area (Å²) in [6.07, 6.45) is 3.66. The molecule has 0 saturated carbocycles. The molecule has 0 atom stereocenters. The predicted molar refractivity (Wildman–Crippen MR) is 132 cm³/mol. The van der Waals surface area contributed by atoms with E-state index in [1.807, 2.05) is 74.8 Å². The van der Waals surface area contributed by atoms with Crippen molar-refractivity contribution >= 4 is 39.9 Å². The van der Waals surface area contributed by atoms with Crippen LogP contribution in [0.2, 0.25) is 5.02 Å². The van der Waals surface area contributed by atoms with Crippen LogP contribution in [0.15, 0.2) is 79.1 Å². The van der Waals surface area contributed by atoms with E-state index in [1.54, 1.807) is 27.7 Å². The van der Waals surface area contributed by atoms with Crippen LogP contribution in [0.4, 0.5) is 16.3 Å². The number of para-hydroxylation sites is 1. The lowest BCUT2D eigenvalue weighted by Gasteiger charge is -2.13. The minimum atomic E-state index is -0.375. The Morgan fingerprint density at radius 3 is 2.39 bits per heavy atom. The molecule has 2 aromatic heterocycles. The maximum atomic E-state index is 13.1. The van der Waals surface area contributed by atoms with Crippen LogP contribution in [0.3, 0.4) is 0 Å². The molecule has 0 bridgehead atoms. The van der Waals surface area contributed by atoms with Crippen LogP contribution in [0.5, 0.6) is 0 Å². The van der Waals surface area contributed by atoms with Gasteiger partial charge in [0.2, 0.25) is 0 Å². The van der Waals surface area contributed by atoms with Crippen molar-refractivity contribution in [1.29, 1.82) is 0 Å². The number of fused-ring (bicyclic) bond motifs is 1. The normalized spacial score (nSPS) is 11.0. The number of rotatable bonds is 4. The predicted octanol–water partition coefficient (Wildman–Crippen LogP) is 6.03. The van der Waals surface area contributed by atoms with Crippen LogP contribution in [-0.2, 0) is 7.05 Å². The molecule has 0 fully saturated rings. The second kappa shape index (κ2) is 8.44. The molecular formula is C25H21ClN6O. The van der Waals surface area contributed by atoms with Gasteiger partial charge in [-0.05, 0) is 31.2 Å². The van der Waals surface area contributed by atoms with Crippen molar-refractivity contribution < 1.29 is 4.79 Å². The molecule has 2 N–H and O–H groups in total. The van der Waals surface area contributed by atoms with Gasteiger partial charge in [-0.2, -0.15) is 10.2 Å². The number of aryl methyl sites for hydroxylation is 1. The first-order chi connectivity index (χ1) is 16.0. The molecule has 2 amide bonds. The van der Waals surface area contributed by atoms with E-state index in [-0.39, 0.29) is 6.03 Å². The first-order valence-corrected chi connectivity index (χ1v) is 10.8. The number of amides is 2. The Kier molecular flexibility index (Phi) is 5.32. The number of carbonyl (C=O) groups excluding carboxylic acids is 1. The number of aromatic nitrogens is 4. The molecule has 7 nitrogen and oxygen atoms in total. The van der Waals surface area contributed by atoms with Gasteiger partial charge in [-0.25, -0.2) is 9.48 Å². The van der Waals surface area contributed by atoms with Gasteiger partial charge in [-0.1, -0.05) is 54.1 Å². The van der Waals surface area contributed by atoms with Crippen molar-refractivity contribution in [3.05, 3.63) is 89.7 Å². The smallest absolute Gasteiger partial charge is 0.307 e. The highest BCUT2D eigenvalue weighted by molar-refractivity contribution is 6.36. The van der Waals surface area contributed by atoms with Gasteiger partial charge in [0.05, 0.1) is 17.6 Å². The number of nitrogens with zero attached hydrogens (tertiary/aromatic N) is 4. The highest BCUT2D eigenvalue weighted by Crippen LogP contribution is 2.32. The first kappa shape index (κ1) is 20.8. The summed E-state index contributed by atoms with van der Waals surface area (Å²) in [6.45, 7) is 1.93. The Morgan fingerprint density at radius 2 is 1.67 bits per heavy atom. The van der Waals surface area contributed by atoms with E-state index in [0.29, 0.717) is 16.5 Å². The van der Waals surface area contributed by atoms with Crippen LogP contribution in [0.25, 0.3) is 27.7 Å². The molecule has 2 heterocycles. The van der Waals surface area contributed by atoms with E-state index in [4.69, 9.17) is 16.7 Å². The first-order valence-electron chi connectivity index (χ1n) is 10.4. The van der Waals surface area contributed by atoms with E-state index in [0.717, 1.165) is 33.3 Å². The number of anilines is 2. The van der Waals surface area contributed by atoms with Crippen molar-refractivity contribution in [2.45, 2.75) is 6.92 Å². The van der Waals surface area contributed by atoms with E-state index in [9.17, 15) is 4.79 Å². The van der Waals surface area contributed by atoms with Gasteiger partial charge in [0, 0.05) is 40.2 Å². The molecule has 0 unspecified atom stereocenters. The summed E-state index contributed by atoms with van der Waals surface area (Å²) in [4.78, 5) is 13.1. The molecule has 8 heteroatoms. The molecule has 164 valence electrons. The van der Waals surface area contributed by atoms with E-state index < -0.39 is 0 Å². The molecular weight excluding hydrogens is 436 g/mol. The van der Waals surface area contributed by atoms with Crippen LogP contribution in [-0.4, -0.2) is 25.6 Å². The van der Waals surface area contributed by atoms with E-state index in [2.05, 4.69) is 15.7 Å². The maximum absolute atomic E-state index is 13.1. The van der Waals surface area contributed by atoms with Crippen molar-refractivity contribution in [3.63, 3.8) is 0 Å². The molecule has 0 radical (unpaired) electrons. The van der Waals surface area contributed by atoms with Gasteiger partial charge in [-0.15, -0.1) is 0 Å². The summed E-state index contributed by atoms with van der Waals surface area (Å²) in [5, 5.41) is 17.4. The molecule has 0 saturated heterocycles. The number of benzene rings is 3. The SMILES string of the molecule is Cc1c(-c2cnn(C)c2)nn(-c2ccccc2)c1NC(=O)Nc1ccc(Cl)c2ccccc12. The average Bonchev–Trinajstić information content (AvgIpc) is 3.40. The number of urea groups is 1. The number of hydrogen-bond donors (Lipinski definition) is 2. The summed E-state index contributed by atoms with van der Waals surface area (Å²) < 4.78 is 3.46. The van der Waals surface area contributed by atoms with Crippen molar-refractivity contribution in [3.8, 4) is 16.9 Å². The molecule has 5 aromatic rings. The third-order valence-electron chi connectivity index (χ3n) is 5.45. The van der Waals surface area contributed by atoms with E-state index >= 15 is 0 Å². The lowest BCUT2D eigenvalue weighted by molar-refractivity contribution is 0.262. The van der Waals surface area contributed by atoms with Gasteiger partial charge < -0.3 is 5.32 Å². The molecule has 0 aliphatic rings. The van der Waals surface area contributed by atoms with Gasteiger partial charge in [-0.3, -0.25) is 10.00 Å². The van der Waals surface area contributed by atoms with Crippen LogP contribution in [0.1, 0.15) is 5.56 Å². The third kappa shape index (κ3) is 3.94. The highest BCUT2D eigenvalue weighted by Gasteiger charge is 2.20. The summed E-state index contributed by atoms with van der Waals surface area (Å²) in [6, 6.07) is 20.6. The van der Waals surface area contributed by atoms with Gasteiger partial charge in [0.15, 0.2) is 0 Å². The Bertz CT molecular complexity index is 1470. The van der Waals surface area contributed by atoms with Crippen molar-refractivity contribution in [1.82, 2.24) is 19.6 Å². The Balaban J connectivity index is 1.52. The molecule has 0 spiro atoms. The fourth-order valence-electron chi connectivity index (χ4n) is 3.85. The van der Waals surface area contributed by atoms with Crippen LogP contribution >= 0.6 is 11.6 Å². The highest BCUT2D eigenvalue weighted by atomic mass is 35.5. The number of nitrogens with one attached hydrogen (secondary N) is 2. The minimum Gasteiger partial charge on any atom is -0.307 e. The zero-order chi connectivity index (χ0) is 22.9. The molecule has 3 aromatic carbocycles. The summed E-state index contributed by atoms with van der Waals surface area (Å²) in [5.41, 5.74) is 3.96. The molecule has 5 rings (SSSR count). The third-order valence-corrected chi connectivity index (χ3v) is 5.78. The quantitative estimate of drug-likeness (QED) is 0.346. The number of carbonyl (C=O) groups is 1. The minimum absolute atomic E-state index is 0.375. The average molecular weight is 457 g/mol. The fourth-order valence-corrected chi connectivity index (χ4v) is 4.08. The Hall–Kier alpha value is -4.10. The molecule has 33 heavy (non-hydrogen) atoms. The number of halogens is 1. The van der Waals surface area contributed by atoms with Gasteiger partial charge in [0.1, 0.15) is 11.5 Å². The van der Waals surface area contributed by atoms with E-state index in [1.165, 1.54) is 0 Å². The zero-order valence-electron chi connectivity index (χ0n) is 18.1.